The van der Waals surface area contributed by atoms with Crippen LogP contribution < -0.4 is 6.15 Å². The van der Waals surface area contributed by atoms with Gasteiger partial charge in [0.05, 0.1) is 0 Å². The fraction of sp³-hybridized carbons (Fsp3) is 0.250. The molecule has 1 aromatic rings. The SMILES string of the molecule is CC(C)=O.[NH4+].c1ccncc1. The molecule has 0 aliphatic rings. The maximum absolute atomic E-state index is 9.44. The molecule has 0 aromatic carbocycles. The lowest BCUT2D eigenvalue weighted by Gasteiger charge is -1.70. The van der Waals surface area contributed by atoms with Gasteiger partial charge in [-0.2, -0.15) is 0 Å². The van der Waals surface area contributed by atoms with E-state index in [1.54, 1.807) is 12.4 Å². The number of nitrogens with zero attached hydrogens (tertiary/aromatic N) is 1. The first kappa shape index (κ1) is 12.5. The van der Waals surface area contributed by atoms with Gasteiger partial charge < -0.3 is 10.9 Å². The summed E-state index contributed by atoms with van der Waals surface area (Å²) in [7, 11) is 0. The number of ketones is 1. The summed E-state index contributed by atoms with van der Waals surface area (Å²) in [5.41, 5.74) is 0. The van der Waals surface area contributed by atoms with Gasteiger partial charge in [0.2, 0.25) is 0 Å². The molecule has 62 valence electrons. The van der Waals surface area contributed by atoms with E-state index in [4.69, 9.17) is 0 Å². The summed E-state index contributed by atoms with van der Waals surface area (Å²) in [5.74, 6) is 0.167. The van der Waals surface area contributed by atoms with Crippen LogP contribution in [0.25, 0.3) is 0 Å². The maximum Gasteiger partial charge on any atom is 0.126 e. The number of rotatable bonds is 0. The first-order chi connectivity index (χ1) is 4.73. The van der Waals surface area contributed by atoms with E-state index in [-0.39, 0.29) is 11.9 Å². The third kappa shape index (κ3) is 17.7. The maximum atomic E-state index is 9.44. The smallest absolute Gasteiger partial charge is 0.126 e. The first-order valence-electron chi connectivity index (χ1n) is 3.05. The van der Waals surface area contributed by atoms with Gasteiger partial charge in [-0.1, -0.05) is 6.07 Å². The zero-order valence-electron chi connectivity index (χ0n) is 7.24. The second kappa shape index (κ2) is 8.78. The number of aromatic nitrogens is 1. The van der Waals surface area contributed by atoms with Gasteiger partial charge in [-0.3, -0.25) is 4.98 Å². The molecule has 0 saturated carbocycles. The third-order valence-electron chi connectivity index (χ3n) is 0.566. The minimum atomic E-state index is 0. The van der Waals surface area contributed by atoms with Crippen molar-refractivity contribution in [1.29, 1.82) is 0 Å². The molecule has 0 radical (unpaired) electrons. The van der Waals surface area contributed by atoms with Crippen molar-refractivity contribution in [3.05, 3.63) is 30.6 Å². The Hall–Kier alpha value is -1.22. The number of carbonyl (C=O) groups excluding carboxylic acids is 1. The molecule has 0 amide bonds. The summed E-state index contributed by atoms with van der Waals surface area (Å²) in [5, 5.41) is 0. The molecular weight excluding hydrogens is 140 g/mol. The fourth-order valence-electron chi connectivity index (χ4n) is 0.313. The Morgan fingerprint density at radius 2 is 1.45 bits per heavy atom. The van der Waals surface area contributed by atoms with Crippen molar-refractivity contribution in [3.63, 3.8) is 0 Å². The van der Waals surface area contributed by atoms with Gasteiger partial charge in [0.25, 0.3) is 0 Å². The normalized spacial score (nSPS) is 6.73. The van der Waals surface area contributed by atoms with Crippen molar-refractivity contribution >= 4 is 5.78 Å². The second-order valence-corrected chi connectivity index (χ2v) is 1.93. The van der Waals surface area contributed by atoms with Crippen molar-refractivity contribution in [2.45, 2.75) is 13.8 Å². The van der Waals surface area contributed by atoms with E-state index in [1.807, 2.05) is 18.2 Å². The van der Waals surface area contributed by atoms with Gasteiger partial charge in [-0.15, -0.1) is 0 Å². The molecule has 0 bridgehead atoms. The Morgan fingerprint density at radius 3 is 1.55 bits per heavy atom. The number of hydrogen-bond acceptors (Lipinski definition) is 2. The number of quaternary nitrogens is 1. The molecule has 0 aliphatic heterocycles. The Balaban J connectivity index is 0. The molecular formula is C8H15N2O+. The molecule has 0 spiro atoms. The lowest BCUT2D eigenvalue weighted by molar-refractivity contribution is -0.114. The van der Waals surface area contributed by atoms with Crippen LogP contribution in [-0.4, -0.2) is 10.8 Å². The Bertz CT molecular complexity index is 144. The first-order valence-corrected chi connectivity index (χ1v) is 3.05. The Morgan fingerprint density at radius 1 is 1.09 bits per heavy atom. The quantitative estimate of drug-likeness (QED) is 0.623. The molecule has 4 N–H and O–H groups in total. The Kier molecular flexibility index (Phi) is 9.94. The lowest BCUT2D eigenvalue weighted by Crippen LogP contribution is -1.69. The molecule has 3 nitrogen and oxygen atoms in total. The average molecular weight is 155 g/mol. The zero-order valence-corrected chi connectivity index (χ0v) is 7.24. The van der Waals surface area contributed by atoms with Gasteiger partial charge >= 0.3 is 0 Å². The van der Waals surface area contributed by atoms with E-state index in [9.17, 15) is 4.79 Å². The largest absolute Gasteiger partial charge is 0.369 e. The molecule has 0 unspecified atom stereocenters. The Labute approximate surface area is 67.0 Å². The summed E-state index contributed by atoms with van der Waals surface area (Å²) in [6, 6.07) is 5.72. The molecule has 1 rings (SSSR count). The number of carbonyl (C=O) groups is 1. The highest BCUT2D eigenvalue weighted by Crippen LogP contribution is 1.73. The minimum Gasteiger partial charge on any atom is -0.369 e. The van der Waals surface area contributed by atoms with Crippen molar-refractivity contribution in [2.24, 2.45) is 0 Å². The van der Waals surface area contributed by atoms with Gasteiger partial charge in [-0.05, 0) is 26.0 Å². The van der Waals surface area contributed by atoms with Gasteiger partial charge in [0.15, 0.2) is 0 Å². The van der Waals surface area contributed by atoms with Crippen molar-refractivity contribution in [2.75, 3.05) is 0 Å². The molecule has 1 heterocycles. The predicted octanol–water partition coefficient (Wildman–Crippen LogP) is 2.05. The van der Waals surface area contributed by atoms with Crippen LogP contribution in [-0.2, 0) is 4.79 Å². The standard InChI is InChI=1S/C5H5N.C3H6O.H3N/c1-2-4-6-5-3-1;1-3(2)4;/h1-5H;1-2H3;1H3/p+1. The van der Waals surface area contributed by atoms with Crippen LogP contribution in [0.15, 0.2) is 30.6 Å². The highest BCUT2D eigenvalue weighted by atomic mass is 16.1. The molecule has 0 saturated heterocycles. The molecule has 1 aromatic heterocycles. The monoisotopic (exact) mass is 155 g/mol. The van der Waals surface area contributed by atoms with Crippen LogP contribution in [0.5, 0.6) is 0 Å². The predicted molar refractivity (Wildman–Crippen MR) is 46.6 cm³/mol. The van der Waals surface area contributed by atoms with Crippen LogP contribution in [0.2, 0.25) is 0 Å². The average Bonchev–Trinajstić information content (AvgIpc) is 1.90. The summed E-state index contributed by atoms with van der Waals surface area (Å²) in [6.45, 7) is 3.06. The van der Waals surface area contributed by atoms with E-state index in [0.29, 0.717) is 0 Å². The summed E-state index contributed by atoms with van der Waals surface area (Å²) in [4.78, 5) is 13.2. The molecule has 0 aliphatic carbocycles. The topological polar surface area (TPSA) is 66.5 Å². The lowest BCUT2D eigenvalue weighted by atomic mass is 10.5. The zero-order chi connectivity index (χ0) is 7.82. The molecule has 11 heavy (non-hydrogen) atoms. The highest BCUT2D eigenvalue weighted by molar-refractivity contribution is 5.72. The van der Waals surface area contributed by atoms with Crippen molar-refractivity contribution < 1.29 is 4.79 Å². The van der Waals surface area contributed by atoms with Crippen molar-refractivity contribution in [3.8, 4) is 0 Å². The number of hydrogen-bond donors (Lipinski definition) is 1. The van der Waals surface area contributed by atoms with E-state index >= 15 is 0 Å². The van der Waals surface area contributed by atoms with Gasteiger partial charge in [-0.25, -0.2) is 0 Å². The summed E-state index contributed by atoms with van der Waals surface area (Å²) < 4.78 is 0. The molecule has 3 heteroatoms. The van der Waals surface area contributed by atoms with E-state index in [1.165, 1.54) is 13.8 Å². The van der Waals surface area contributed by atoms with E-state index in [2.05, 4.69) is 4.98 Å². The van der Waals surface area contributed by atoms with Gasteiger partial charge in [0.1, 0.15) is 5.78 Å². The number of pyridine rings is 1. The highest BCUT2D eigenvalue weighted by Gasteiger charge is 1.62. The fourth-order valence-corrected chi connectivity index (χ4v) is 0.313. The van der Waals surface area contributed by atoms with Crippen LogP contribution >= 0.6 is 0 Å². The second-order valence-electron chi connectivity index (χ2n) is 1.93. The van der Waals surface area contributed by atoms with Crippen molar-refractivity contribution in [1.82, 2.24) is 11.1 Å². The summed E-state index contributed by atoms with van der Waals surface area (Å²) >= 11 is 0. The van der Waals surface area contributed by atoms with Gasteiger partial charge in [0, 0.05) is 12.4 Å². The molecule has 0 atom stereocenters. The molecule has 0 fully saturated rings. The van der Waals surface area contributed by atoms with E-state index in [0.717, 1.165) is 0 Å². The van der Waals surface area contributed by atoms with Crippen LogP contribution in [0.1, 0.15) is 13.8 Å². The van der Waals surface area contributed by atoms with E-state index < -0.39 is 0 Å². The summed E-state index contributed by atoms with van der Waals surface area (Å²) in [6.07, 6.45) is 3.50. The number of Topliss-reactive ketones (excluding diaryl/α,β-unsaturated/α-hetero) is 1. The minimum absolute atomic E-state index is 0. The third-order valence-corrected chi connectivity index (χ3v) is 0.566. The van der Waals surface area contributed by atoms with Crippen LogP contribution in [0, 0.1) is 0 Å². The van der Waals surface area contributed by atoms with Crippen LogP contribution in [0.4, 0.5) is 0 Å². The van der Waals surface area contributed by atoms with Crippen LogP contribution in [0.3, 0.4) is 0 Å².